The Balaban J connectivity index is 2.76. The molecule has 6 heteroatoms. The van der Waals surface area contributed by atoms with E-state index in [9.17, 15) is 9.59 Å². The van der Waals surface area contributed by atoms with E-state index in [0.29, 0.717) is 11.3 Å². The molecule has 0 amide bonds. The molecule has 0 fully saturated rings. The van der Waals surface area contributed by atoms with Gasteiger partial charge in [-0.3, -0.25) is 0 Å². The summed E-state index contributed by atoms with van der Waals surface area (Å²) < 4.78 is 1.16. The van der Waals surface area contributed by atoms with Crippen molar-refractivity contribution in [1.29, 1.82) is 0 Å². The van der Waals surface area contributed by atoms with Gasteiger partial charge in [-0.05, 0) is 18.6 Å². The molecule has 0 saturated heterocycles. The fourth-order valence-electron chi connectivity index (χ4n) is 1.55. The molecule has 0 saturated carbocycles. The molecule has 0 aliphatic carbocycles. The molecule has 1 aromatic heterocycles. The second kappa shape index (κ2) is 3.65. The Hall–Kier alpha value is -2.37. The number of H-pyrrole nitrogens is 1. The van der Waals surface area contributed by atoms with Crippen LogP contribution in [0.4, 0.5) is 0 Å². The van der Waals surface area contributed by atoms with Crippen molar-refractivity contribution >= 4 is 5.97 Å². The first-order valence-electron chi connectivity index (χ1n) is 4.56. The minimum atomic E-state index is -1.07. The second-order valence-electron chi connectivity index (χ2n) is 3.31. The summed E-state index contributed by atoms with van der Waals surface area (Å²) in [6, 6.07) is 4.93. The predicted molar refractivity (Wildman–Crippen MR) is 55.9 cm³/mol. The Kier molecular flexibility index (Phi) is 2.32. The van der Waals surface area contributed by atoms with Crippen molar-refractivity contribution < 1.29 is 9.90 Å². The van der Waals surface area contributed by atoms with Crippen LogP contribution in [0.2, 0.25) is 0 Å². The number of carboxylic acids is 1. The normalized spacial score (nSPS) is 10.3. The average Bonchev–Trinajstić information content (AvgIpc) is 2.63. The quantitative estimate of drug-likeness (QED) is 0.772. The topological polar surface area (TPSA) is 88.0 Å². The lowest BCUT2D eigenvalue weighted by atomic mass is 10.1. The van der Waals surface area contributed by atoms with Gasteiger partial charge >= 0.3 is 11.7 Å². The van der Waals surface area contributed by atoms with Gasteiger partial charge in [-0.2, -0.15) is 5.10 Å². The van der Waals surface area contributed by atoms with Gasteiger partial charge in [0.2, 0.25) is 0 Å². The van der Waals surface area contributed by atoms with Gasteiger partial charge in [0.25, 0.3) is 0 Å². The Labute approximate surface area is 90.2 Å². The van der Waals surface area contributed by atoms with Crippen LogP contribution in [0, 0.1) is 6.92 Å². The first-order chi connectivity index (χ1) is 7.61. The highest BCUT2D eigenvalue weighted by atomic mass is 16.4. The molecule has 16 heavy (non-hydrogen) atoms. The summed E-state index contributed by atoms with van der Waals surface area (Å²) in [4.78, 5) is 22.5. The molecule has 0 atom stereocenters. The number of aryl methyl sites for hydroxylation is 1. The molecule has 0 radical (unpaired) electrons. The molecular formula is C10H9N3O3. The van der Waals surface area contributed by atoms with E-state index in [1.54, 1.807) is 25.1 Å². The summed E-state index contributed by atoms with van der Waals surface area (Å²) in [5.74, 6) is -1.07. The van der Waals surface area contributed by atoms with Crippen LogP contribution < -0.4 is 5.69 Å². The molecule has 2 N–H and O–H groups in total. The van der Waals surface area contributed by atoms with Crippen molar-refractivity contribution in [1.82, 2.24) is 14.8 Å². The van der Waals surface area contributed by atoms with Gasteiger partial charge in [0.15, 0.2) is 0 Å². The second-order valence-corrected chi connectivity index (χ2v) is 3.31. The minimum Gasteiger partial charge on any atom is -0.478 e. The summed E-state index contributed by atoms with van der Waals surface area (Å²) in [5, 5.41) is 14.9. The highest BCUT2D eigenvalue weighted by Crippen LogP contribution is 2.16. The molecule has 1 heterocycles. The number of nitrogens with one attached hydrogen (secondary N) is 1. The molecule has 0 bridgehead atoms. The molecule has 2 rings (SSSR count). The van der Waals surface area contributed by atoms with Gasteiger partial charge in [-0.25, -0.2) is 19.3 Å². The van der Waals surface area contributed by atoms with Crippen LogP contribution in [0.3, 0.4) is 0 Å². The zero-order valence-electron chi connectivity index (χ0n) is 8.47. The van der Waals surface area contributed by atoms with Crippen molar-refractivity contribution in [2.75, 3.05) is 0 Å². The predicted octanol–water partition coefficient (Wildman–Crippen LogP) is 0.567. The first kappa shape index (κ1) is 10.2. The average molecular weight is 219 g/mol. The molecular weight excluding hydrogens is 210 g/mol. The van der Waals surface area contributed by atoms with Crippen LogP contribution in [-0.2, 0) is 0 Å². The molecule has 2 aromatic rings. The molecule has 6 nitrogen and oxygen atoms in total. The Bertz CT molecular complexity index is 597. The van der Waals surface area contributed by atoms with Crippen LogP contribution in [0.5, 0.6) is 0 Å². The van der Waals surface area contributed by atoms with Crippen LogP contribution in [0.15, 0.2) is 29.3 Å². The monoisotopic (exact) mass is 219 g/mol. The molecule has 1 aromatic carbocycles. The Morgan fingerprint density at radius 1 is 1.50 bits per heavy atom. The number of carbonyl (C=O) groups is 1. The van der Waals surface area contributed by atoms with Crippen molar-refractivity contribution in [3.63, 3.8) is 0 Å². The number of aromatic nitrogens is 3. The maximum atomic E-state index is 11.4. The first-order valence-corrected chi connectivity index (χ1v) is 4.56. The van der Waals surface area contributed by atoms with E-state index in [1.165, 1.54) is 6.33 Å². The van der Waals surface area contributed by atoms with E-state index in [0.717, 1.165) is 4.57 Å². The van der Waals surface area contributed by atoms with Gasteiger partial charge in [0.05, 0.1) is 11.3 Å². The standard InChI is InChI=1S/C10H9N3O3/c1-6-3-2-4-7(8(6)9(14)15)13-5-11-12-10(13)16/h2-5H,1H3,(H,12,16)(H,14,15). The maximum Gasteiger partial charge on any atom is 0.347 e. The maximum absolute atomic E-state index is 11.4. The van der Waals surface area contributed by atoms with Crippen LogP contribution in [-0.4, -0.2) is 25.8 Å². The van der Waals surface area contributed by atoms with Crippen LogP contribution in [0.1, 0.15) is 15.9 Å². The van der Waals surface area contributed by atoms with Gasteiger partial charge in [0, 0.05) is 0 Å². The highest BCUT2D eigenvalue weighted by molar-refractivity contribution is 5.93. The molecule has 82 valence electrons. The Morgan fingerprint density at radius 2 is 2.25 bits per heavy atom. The van der Waals surface area contributed by atoms with Crippen LogP contribution >= 0.6 is 0 Å². The molecule has 0 spiro atoms. The summed E-state index contributed by atoms with van der Waals surface area (Å²) in [5.41, 5.74) is 0.545. The molecule has 0 unspecified atom stereocenters. The summed E-state index contributed by atoms with van der Waals surface area (Å²) in [6.07, 6.45) is 1.25. The number of aromatic amines is 1. The minimum absolute atomic E-state index is 0.103. The highest BCUT2D eigenvalue weighted by Gasteiger charge is 2.15. The summed E-state index contributed by atoms with van der Waals surface area (Å²) in [6.45, 7) is 1.68. The van der Waals surface area contributed by atoms with Crippen LogP contribution in [0.25, 0.3) is 5.69 Å². The van der Waals surface area contributed by atoms with E-state index >= 15 is 0 Å². The smallest absolute Gasteiger partial charge is 0.347 e. The lowest BCUT2D eigenvalue weighted by molar-refractivity contribution is 0.0696. The number of hydrogen-bond acceptors (Lipinski definition) is 3. The SMILES string of the molecule is Cc1cccc(-n2cn[nH]c2=O)c1C(=O)O. The zero-order valence-corrected chi connectivity index (χ0v) is 8.47. The van der Waals surface area contributed by atoms with E-state index < -0.39 is 11.7 Å². The zero-order chi connectivity index (χ0) is 11.7. The largest absolute Gasteiger partial charge is 0.478 e. The molecule has 0 aliphatic rings. The number of aromatic carboxylic acids is 1. The number of rotatable bonds is 2. The lowest BCUT2D eigenvalue weighted by Crippen LogP contribution is -2.17. The third-order valence-electron chi connectivity index (χ3n) is 2.28. The number of carboxylic acid groups (broad SMARTS) is 1. The third-order valence-corrected chi connectivity index (χ3v) is 2.28. The van der Waals surface area contributed by atoms with E-state index in [4.69, 9.17) is 5.11 Å². The van der Waals surface area contributed by atoms with Crippen molar-refractivity contribution in [2.45, 2.75) is 6.92 Å². The van der Waals surface area contributed by atoms with Crippen molar-refractivity contribution in [2.24, 2.45) is 0 Å². The number of hydrogen-bond donors (Lipinski definition) is 2. The van der Waals surface area contributed by atoms with E-state index in [2.05, 4.69) is 10.2 Å². The van der Waals surface area contributed by atoms with Gasteiger partial charge in [0.1, 0.15) is 6.33 Å². The third kappa shape index (κ3) is 1.50. The van der Waals surface area contributed by atoms with Gasteiger partial charge in [-0.1, -0.05) is 12.1 Å². The molecule has 0 aliphatic heterocycles. The van der Waals surface area contributed by atoms with E-state index in [1.807, 2.05) is 0 Å². The lowest BCUT2D eigenvalue weighted by Gasteiger charge is -2.07. The fraction of sp³-hybridized carbons (Fsp3) is 0.100. The van der Waals surface area contributed by atoms with Gasteiger partial charge in [-0.15, -0.1) is 0 Å². The Morgan fingerprint density at radius 3 is 2.81 bits per heavy atom. The summed E-state index contributed by atoms with van der Waals surface area (Å²) >= 11 is 0. The van der Waals surface area contributed by atoms with Gasteiger partial charge < -0.3 is 5.11 Å². The fourth-order valence-corrected chi connectivity index (χ4v) is 1.55. The summed E-state index contributed by atoms with van der Waals surface area (Å²) in [7, 11) is 0. The van der Waals surface area contributed by atoms with E-state index in [-0.39, 0.29) is 5.56 Å². The number of benzene rings is 1. The van der Waals surface area contributed by atoms with Crippen molar-refractivity contribution in [3.8, 4) is 5.69 Å². The van der Waals surface area contributed by atoms with Crippen molar-refractivity contribution in [3.05, 3.63) is 46.1 Å². The number of nitrogens with zero attached hydrogens (tertiary/aromatic N) is 2.